The molecule has 8 nitrogen and oxygen atoms in total. The number of rotatable bonds is 7. The molecule has 0 saturated heterocycles. The maximum absolute atomic E-state index is 13.1. The average Bonchev–Trinajstić information content (AvgIpc) is 2.82. The average molecular weight is 471 g/mol. The van der Waals surface area contributed by atoms with Crippen LogP contribution in [-0.4, -0.2) is 40.0 Å². The zero-order valence-electron chi connectivity index (χ0n) is 17.1. The molecule has 170 valence electrons. The van der Waals surface area contributed by atoms with Crippen molar-refractivity contribution in [3.05, 3.63) is 83.7 Å². The van der Waals surface area contributed by atoms with Crippen LogP contribution in [0.15, 0.2) is 71.6 Å². The zero-order valence-corrected chi connectivity index (χ0v) is 17.9. The molecule has 1 aliphatic heterocycles. The van der Waals surface area contributed by atoms with Gasteiger partial charge in [0.1, 0.15) is 19.0 Å². The molecule has 0 spiro atoms. The number of para-hydroxylation sites is 1. The summed E-state index contributed by atoms with van der Waals surface area (Å²) in [7, 11) is -4.09. The molecule has 33 heavy (non-hydrogen) atoms. The summed E-state index contributed by atoms with van der Waals surface area (Å²) in [6, 6.07) is 14.7. The number of sulfonamides is 1. The number of carbonyl (C=O) groups excluding carboxylic acids is 2. The van der Waals surface area contributed by atoms with Gasteiger partial charge in [-0.1, -0.05) is 12.1 Å². The Labute approximate surface area is 189 Å². The minimum atomic E-state index is -4.09. The van der Waals surface area contributed by atoms with Crippen molar-refractivity contribution in [2.75, 3.05) is 24.5 Å². The number of nitrogens with one attached hydrogen (secondary N) is 1. The number of benzene rings is 3. The van der Waals surface area contributed by atoms with E-state index in [2.05, 4.69) is 4.72 Å². The Morgan fingerprint density at radius 2 is 1.64 bits per heavy atom. The summed E-state index contributed by atoms with van der Waals surface area (Å²) in [5.74, 6) is -0.986. The Morgan fingerprint density at radius 1 is 0.939 bits per heavy atom. The van der Waals surface area contributed by atoms with E-state index in [1.807, 2.05) is 0 Å². The maximum atomic E-state index is 13.1. The Kier molecular flexibility index (Phi) is 6.27. The van der Waals surface area contributed by atoms with Gasteiger partial charge in [0.25, 0.3) is 10.0 Å². The first-order valence-electron chi connectivity index (χ1n) is 9.81. The lowest BCUT2D eigenvalue weighted by Gasteiger charge is -2.18. The first-order valence-corrected chi connectivity index (χ1v) is 11.3. The maximum Gasteiger partial charge on any atom is 0.340 e. The number of anilines is 1. The summed E-state index contributed by atoms with van der Waals surface area (Å²) in [6.07, 6.45) is 0. The van der Waals surface area contributed by atoms with Gasteiger partial charge < -0.3 is 14.2 Å². The topological polar surface area (TPSA) is 108 Å². The molecule has 1 heterocycles. The summed E-state index contributed by atoms with van der Waals surface area (Å²) in [6.45, 7) is 0.226. The molecule has 3 aromatic rings. The number of fused-ring (bicyclic) bond motifs is 1. The van der Waals surface area contributed by atoms with Crippen LogP contribution in [0.1, 0.15) is 20.7 Å². The van der Waals surface area contributed by atoms with Gasteiger partial charge in [0.05, 0.1) is 16.1 Å². The third kappa shape index (κ3) is 5.12. The molecule has 0 saturated carbocycles. The van der Waals surface area contributed by atoms with Gasteiger partial charge in [0.2, 0.25) is 0 Å². The SMILES string of the molecule is O=C(COC(=O)c1ccccc1NS(=O)(=O)c1ccc(F)cc1)c1ccc2c(c1)OCCO2. The first-order chi connectivity index (χ1) is 15.8. The monoisotopic (exact) mass is 471 g/mol. The van der Waals surface area contributed by atoms with Crippen molar-refractivity contribution in [3.8, 4) is 11.5 Å². The van der Waals surface area contributed by atoms with Crippen molar-refractivity contribution < 1.29 is 36.6 Å². The van der Waals surface area contributed by atoms with E-state index in [1.165, 1.54) is 36.4 Å². The van der Waals surface area contributed by atoms with Gasteiger partial charge in [0.15, 0.2) is 23.9 Å². The fraction of sp³-hybridized carbons (Fsp3) is 0.130. The molecule has 0 radical (unpaired) electrons. The molecule has 10 heteroatoms. The number of ether oxygens (including phenoxy) is 3. The molecule has 0 unspecified atom stereocenters. The third-order valence-corrected chi connectivity index (χ3v) is 6.10. The highest BCUT2D eigenvalue weighted by molar-refractivity contribution is 7.92. The van der Waals surface area contributed by atoms with Crippen molar-refractivity contribution in [2.45, 2.75) is 4.90 Å². The second-order valence-electron chi connectivity index (χ2n) is 6.96. The Bertz CT molecular complexity index is 1310. The highest BCUT2D eigenvalue weighted by atomic mass is 32.2. The van der Waals surface area contributed by atoms with E-state index in [1.54, 1.807) is 6.07 Å². The number of hydrogen-bond acceptors (Lipinski definition) is 7. The van der Waals surface area contributed by atoms with E-state index < -0.39 is 34.2 Å². The van der Waals surface area contributed by atoms with Gasteiger partial charge in [-0.2, -0.15) is 0 Å². The van der Waals surface area contributed by atoms with Crippen molar-refractivity contribution in [1.29, 1.82) is 0 Å². The molecule has 0 aromatic heterocycles. The first kappa shape index (κ1) is 22.3. The minimum Gasteiger partial charge on any atom is -0.486 e. The molecular weight excluding hydrogens is 453 g/mol. The zero-order chi connectivity index (χ0) is 23.4. The lowest BCUT2D eigenvalue weighted by molar-refractivity contribution is 0.0475. The highest BCUT2D eigenvalue weighted by Gasteiger charge is 2.21. The van der Waals surface area contributed by atoms with Crippen molar-refractivity contribution >= 4 is 27.5 Å². The van der Waals surface area contributed by atoms with Gasteiger partial charge in [-0.3, -0.25) is 9.52 Å². The van der Waals surface area contributed by atoms with Crippen molar-refractivity contribution in [2.24, 2.45) is 0 Å². The number of esters is 1. The van der Waals surface area contributed by atoms with E-state index in [9.17, 15) is 22.4 Å². The van der Waals surface area contributed by atoms with Gasteiger partial charge in [0, 0.05) is 5.56 Å². The standard InChI is InChI=1S/C23H18FNO7S/c24-16-6-8-17(9-7-16)33(28,29)25-19-4-2-1-3-18(19)23(27)32-14-20(26)15-5-10-21-22(13-15)31-12-11-30-21/h1-10,13,25H,11-12,14H2. The number of ketones is 1. The lowest BCUT2D eigenvalue weighted by Crippen LogP contribution is -2.19. The molecule has 4 rings (SSSR count). The Morgan fingerprint density at radius 3 is 2.39 bits per heavy atom. The van der Waals surface area contributed by atoms with E-state index in [4.69, 9.17) is 14.2 Å². The molecule has 0 atom stereocenters. The number of Topliss-reactive ketones (excluding diaryl/α,β-unsaturated/α-hetero) is 1. The summed E-state index contributed by atoms with van der Waals surface area (Å²) < 4.78 is 56.6. The van der Waals surface area contributed by atoms with Gasteiger partial charge in [-0.15, -0.1) is 0 Å². The van der Waals surface area contributed by atoms with E-state index in [0.29, 0.717) is 24.7 Å². The fourth-order valence-corrected chi connectivity index (χ4v) is 4.16. The summed E-state index contributed by atoms with van der Waals surface area (Å²) in [5, 5.41) is 0. The van der Waals surface area contributed by atoms with E-state index in [0.717, 1.165) is 24.3 Å². The summed E-state index contributed by atoms with van der Waals surface area (Å²) >= 11 is 0. The predicted octanol–water partition coefficient (Wildman–Crippen LogP) is 3.44. The number of halogens is 1. The quantitative estimate of drug-likeness (QED) is 0.415. The van der Waals surface area contributed by atoms with E-state index in [-0.39, 0.29) is 21.7 Å². The van der Waals surface area contributed by atoms with Crippen LogP contribution in [0.2, 0.25) is 0 Å². The predicted molar refractivity (Wildman–Crippen MR) is 116 cm³/mol. The molecule has 3 aromatic carbocycles. The van der Waals surface area contributed by atoms with Crippen LogP contribution >= 0.6 is 0 Å². The second kappa shape index (κ2) is 9.29. The van der Waals surface area contributed by atoms with Crippen LogP contribution in [0.4, 0.5) is 10.1 Å². The summed E-state index contributed by atoms with van der Waals surface area (Å²) in [4.78, 5) is 24.9. The lowest BCUT2D eigenvalue weighted by atomic mass is 10.1. The fourth-order valence-electron chi connectivity index (χ4n) is 3.08. The van der Waals surface area contributed by atoms with Crippen LogP contribution in [0.5, 0.6) is 11.5 Å². The van der Waals surface area contributed by atoms with Gasteiger partial charge in [-0.25, -0.2) is 17.6 Å². The molecule has 1 N–H and O–H groups in total. The number of carbonyl (C=O) groups is 2. The second-order valence-corrected chi connectivity index (χ2v) is 8.65. The van der Waals surface area contributed by atoms with Crippen LogP contribution in [0, 0.1) is 5.82 Å². The van der Waals surface area contributed by atoms with Gasteiger partial charge >= 0.3 is 5.97 Å². The number of hydrogen-bond donors (Lipinski definition) is 1. The highest BCUT2D eigenvalue weighted by Crippen LogP contribution is 2.31. The Balaban J connectivity index is 1.46. The molecule has 0 bridgehead atoms. The van der Waals surface area contributed by atoms with Crippen LogP contribution in [0.25, 0.3) is 0 Å². The third-order valence-electron chi connectivity index (χ3n) is 4.71. The van der Waals surface area contributed by atoms with E-state index >= 15 is 0 Å². The summed E-state index contributed by atoms with van der Waals surface area (Å²) in [5.41, 5.74) is 0.147. The van der Waals surface area contributed by atoms with Crippen molar-refractivity contribution in [3.63, 3.8) is 0 Å². The normalized spacial score (nSPS) is 12.6. The van der Waals surface area contributed by atoms with Gasteiger partial charge in [-0.05, 0) is 54.6 Å². The minimum absolute atomic E-state index is 0.0430. The van der Waals surface area contributed by atoms with Crippen LogP contribution in [-0.2, 0) is 14.8 Å². The molecule has 0 amide bonds. The molecule has 0 aliphatic carbocycles. The molecule has 1 aliphatic rings. The Hall–Kier alpha value is -3.92. The molecule has 0 fully saturated rings. The largest absolute Gasteiger partial charge is 0.486 e. The van der Waals surface area contributed by atoms with Crippen LogP contribution in [0.3, 0.4) is 0 Å². The van der Waals surface area contributed by atoms with Crippen molar-refractivity contribution in [1.82, 2.24) is 0 Å². The molecular formula is C23H18FNO7S. The van der Waals surface area contributed by atoms with Crippen LogP contribution < -0.4 is 14.2 Å². The smallest absolute Gasteiger partial charge is 0.340 e.